The number of hydrogen-bond acceptors (Lipinski definition) is 4. The molecule has 1 aliphatic rings. The fourth-order valence-corrected chi connectivity index (χ4v) is 3.09. The zero-order chi connectivity index (χ0) is 15.5. The van der Waals surface area contributed by atoms with Crippen molar-refractivity contribution in [2.45, 2.75) is 38.3 Å². The van der Waals surface area contributed by atoms with Crippen molar-refractivity contribution < 1.29 is 9.90 Å². The van der Waals surface area contributed by atoms with Crippen molar-refractivity contribution in [3.8, 4) is 0 Å². The van der Waals surface area contributed by atoms with Gasteiger partial charge in [-0.1, -0.05) is 6.92 Å². The van der Waals surface area contributed by atoms with Gasteiger partial charge in [0.05, 0.1) is 12.1 Å². The first-order valence-electron chi connectivity index (χ1n) is 7.58. The first-order chi connectivity index (χ1) is 9.93. The van der Waals surface area contributed by atoms with E-state index >= 15 is 0 Å². The second kappa shape index (κ2) is 6.58. The number of β-amino-alcohol motifs (C(OH)–C–C–N with tert-alkyl or cyclic N) is 1. The van der Waals surface area contributed by atoms with E-state index in [1.54, 1.807) is 11.1 Å². The first-order valence-corrected chi connectivity index (χ1v) is 7.58. The Labute approximate surface area is 126 Å². The fourth-order valence-electron chi connectivity index (χ4n) is 3.09. The Kier molecular flexibility index (Phi) is 5.00. The lowest BCUT2D eigenvalue weighted by Crippen LogP contribution is -2.55. The Balaban J connectivity index is 1.99. The number of aromatic nitrogens is 2. The molecule has 0 unspecified atom stereocenters. The molecule has 1 aromatic heterocycles. The molecule has 6 heteroatoms. The quantitative estimate of drug-likeness (QED) is 0.852. The summed E-state index contributed by atoms with van der Waals surface area (Å²) in [5, 5.41) is 10.6. The summed E-state index contributed by atoms with van der Waals surface area (Å²) >= 11 is 0. The van der Waals surface area contributed by atoms with E-state index in [-0.39, 0.29) is 5.91 Å². The summed E-state index contributed by atoms with van der Waals surface area (Å²) in [6.07, 6.45) is 5.98. The van der Waals surface area contributed by atoms with Gasteiger partial charge in [-0.25, -0.2) is 4.98 Å². The fraction of sp³-hybridized carbons (Fsp3) is 0.733. The number of rotatable bonds is 5. The Morgan fingerprint density at radius 2 is 2.29 bits per heavy atom. The zero-order valence-electron chi connectivity index (χ0n) is 13.2. The monoisotopic (exact) mass is 294 g/mol. The molecule has 21 heavy (non-hydrogen) atoms. The summed E-state index contributed by atoms with van der Waals surface area (Å²) in [6.45, 7) is 4.06. The minimum atomic E-state index is -0.792. The van der Waals surface area contributed by atoms with Crippen molar-refractivity contribution in [3.63, 3.8) is 0 Å². The van der Waals surface area contributed by atoms with Crippen LogP contribution in [-0.2, 0) is 17.8 Å². The number of likely N-dealkylation sites (tertiary alicyclic amines) is 1. The molecule has 0 aromatic carbocycles. The van der Waals surface area contributed by atoms with Crippen LogP contribution in [-0.4, -0.2) is 69.7 Å². The van der Waals surface area contributed by atoms with E-state index < -0.39 is 5.60 Å². The Morgan fingerprint density at radius 1 is 1.52 bits per heavy atom. The third-order valence-corrected chi connectivity index (χ3v) is 3.94. The van der Waals surface area contributed by atoms with E-state index in [9.17, 15) is 9.90 Å². The summed E-state index contributed by atoms with van der Waals surface area (Å²) in [7, 11) is 3.88. The van der Waals surface area contributed by atoms with Crippen LogP contribution < -0.4 is 0 Å². The Hall–Kier alpha value is -1.40. The van der Waals surface area contributed by atoms with E-state index in [2.05, 4.69) is 4.98 Å². The van der Waals surface area contributed by atoms with E-state index in [4.69, 9.17) is 0 Å². The van der Waals surface area contributed by atoms with E-state index in [0.29, 0.717) is 19.6 Å². The number of carbonyl (C=O) groups is 1. The number of aryl methyl sites for hydroxylation is 1. The molecule has 1 N–H and O–H groups in total. The molecule has 0 radical (unpaired) electrons. The zero-order valence-corrected chi connectivity index (χ0v) is 13.2. The molecular weight excluding hydrogens is 268 g/mol. The lowest BCUT2D eigenvalue weighted by Gasteiger charge is -2.40. The molecule has 0 spiro atoms. The molecule has 6 nitrogen and oxygen atoms in total. The largest absolute Gasteiger partial charge is 0.387 e. The van der Waals surface area contributed by atoms with Crippen LogP contribution in [0, 0.1) is 0 Å². The minimum Gasteiger partial charge on any atom is -0.387 e. The van der Waals surface area contributed by atoms with Crippen LogP contribution >= 0.6 is 0 Å². The number of nitrogens with zero attached hydrogens (tertiary/aromatic N) is 4. The van der Waals surface area contributed by atoms with E-state index in [1.165, 1.54) is 0 Å². The van der Waals surface area contributed by atoms with Crippen molar-refractivity contribution >= 4 is 5.91 Å². The average molecular weight is 294 g/mol. The van der Waals surface area contributed by atoms with Gasteiger partial charge in [-0.05, 0) is 26.9 Å². The SMILES string of the molecule is CCc1nccn1CC(=O)N1CCC[C@](O)(CN(C)C)C1. The average Bonchev–Trinajstić information content (AvgIpc) is 2.84. The number of likely N-dealkylation sites (N-methyl/N-ethyl adjacent to an activating group) is 1. The van der Waals surface area contributed by atoms with Gasteiger partial charge >= 0.3 is 0 Å². The van der Waals surface area contributed by atoms with Gasteiger partial charge in [-0.2, -0.15) is 0 Å². The molecule has 2 rings (SSSR count). The first kappa shape index (κ1) is 16.0. The number of imidazole rings is 1. The number of carbonyl (C=O) groups excluding carboxylic acids is 1. The van der Waals surface area contributed by atoms with Crippen LogP contribution in [0.25, 0.3) is 0 Å². The summed E-state index contributed by atoms with van der Waals surface area (Å²) < 4.78 is 1.89. The Bertz CT molecular complexity index is 486. The minimum absolute atomic E-state index is 0.0552. The molecular formula is C15H26N4O2. The van der Waals surface area contributed by atoms with Gasteiger partial charge in [-0.3, -0.25) is 4.79 Å². The highest BCUT2D eigenvalue weighted by Gasteiger charge is 2.35. The normalized spacial score (nSPS) is 22.8. The molecule has 1 fully saturated rings. The molecule has 1 saturated heterocycles. The smallest absolute Gasteiger partial charge is 0.242 e. The predicted octanol–water partition coefficient (Wildman–Crippen LogP) is 0.361. The van der Waals surface area contributed by atoms with Crippen LogP contribution in [0.4, 0.5) is 0 Å². The molecule has 0 saturated carbocycles. The van der Waals surface area contributed by atoms with Crippen molar-refractivity contribution in [2.75, 3.05) is 33.7 Å². The maximum Gasteiger partial charge on any atom is 0.242 e. The highest BCUT2D eigenvalue weighted by atomic mass is 16.3. The summed E-state index contributed by atoms with van der Waals surface area (Å²) in [4.78, 5) is 20.5. The van der Waals surface area contributed by atoms with Crippen LogP contribution in [0.3, 0.4) is 0 Å². The standard InChI is InChI=1S/C15H26N4O2/c1-4-13-16-7-9-18(13)10-14(20)19-8-5-6-15(21,12-19)11-17(2)3/h7,9,21H,4-6,8,10-12H2,1-3H3/t15-/m0/s1. The summed E-state index contributed by atoms with van der Waals surface area (Å²) in [5.74, 6) is 0.975. The summed E-state index contributed by atoms with van der Waals surface area (Å²) in [6, 6.07) is 0. The molecule has 0 bridgehead atoms. The maximum absolute atomic E-state index is 12.5. The second-order valence-electron chi connectivity index (χ2n) is 6.21. The lowest BCUT2D eigenvalue weighted by molar-refractivity contribution is -0.139. The molecule has 0 aliphatic carbocycles. The van der Waals surface area contributed by atoms with Crippen molar-refractivity contribution in [2.24, 2.45) is 0 Å². The van der Waals surface area contributed by atoms with Crippen molar-refractivity contribution in [1.29, 1.82) is 0 Å². The van der Waals surface area contributed by atoms with Crippen LogP contribution in [0.15, 0.2) is 12.4 Å². The third kappa shape index (κ3) is 4.04. The number of hydrogen-bond donors (Lipinski definition) is 1. The van der Waals surface area contributed by atoms with Gasteiger partial charge in [0.1, 0.15) is 12.4 Å². The second-order valence-corrected chi connectivity index (χ2v) is 6.21. The predicted molar refractivity (Wildman–Crippen MR) is 80.9 cm³/mol. The molecule has 1 aromatic rings. The molecule has 1 amide bonds. The van der Waals surface area contributed by atoms with Gasteiger partial charge in [0, 0.05) is 31.9 Å². The van der Waals surface area contributed by atoms with Crippen LogP contribution in [0.1, 0.15) is 25.6 Å². The highest BCUT2D eigenvalue weighted by molar-refractivity contribution is 5.76. The van der Waals surface area contributed by atoms with Gasteiger partial charge in [-0.15, -0.1) is 0 Å². The van der Waals surface area contributed by atoms with E-state index in [0.717, 1.165) is 31.6 Å². The highest BCUT2D eigenvalue weighted by Crippen LogP contribution is 2.22. The van der Waals surface area contributed by atoms with Crippen molar-refractivity contribution in [3.05, 3.63) is 18.2 Å². The third-order valence-electron chi connectivity index (χ3n) is 3.94. The lowest BCUT2D eigenvalue weighted by atomic mass is 9.92. The molecule has 2 heterocycles. The maximum atomic E-state index is 12.5. The van der Waals surface area contributed by atoms with Crippen molar-refractivity contribution in [1.82, 2.24) is 19.4 Å². The Morgan fingerprint density at radius 3 is 2.95 bits per heavy atom. The molecule has 118 valence electrons. The van der Waals surface area contributed by atoms with E-state index in [1.807, 2.05) is 36.7 Å². The van der Waals surface area contributed by atoms with Gasteiger partial charge in [0.2, 0.25) is 5.91 Å². The molecule has 1 atom stereocenters. The molecule has 1 aliphatic heterocycles. The van der Waals surface area contributed by atoms with Gasteiger partial charge < -0.3 is 19.5 Å². The number of piperidine rings is 1. The van der Waals surface area contributed by atoms with Gasteiger partial charge in [0.15, 0.2) is 0 Å². The van der Waals surface area contributed by atoms with Gasteiger partial charge in [0.25, 0.3) is 0 Å². The number of amides is 1. The topological polar surface area (TPSA) is 61.6 Å². The van der Waals surface area contributed by atoms with Crippen LogP contribution in [0.2, 0.25) is 0 Å². The number of aliphatic hydroxyl groups is 1. The summed E-state index contributed by atoms with van der Waals surface area (Å²) in [5.41, 5.74) is -0.792. The van der Waals surface area contributed by atoms with Crippen LogP contribution in [0.5, 0.6) is 0 Å².